The van der Waals surface area contributed by atoms with Crippen LogP contribution in [0.2, 0.25) is 0 Å². The quantitative estimate of drug-likeness (QED) is 0.218. The third kappa shape index (κ3) is 4.98. The number of para-hydroxylation sites is 1. The molecule has 5 rings (SSSR count). The molecule has 7 atom stereocenters. The largest absolute Gasteiger partial charge is 0.465 e. The monoisotopic (exact) mass is 600 g/mol. The molecule has 8 nitrogen and oxygen atoms in total. The molecule has 1 spiro atoms. The minimum atomic E-state index is -1.27. The lowest BCUT2D eigenvalue weighted by Gasteiger charge is -2.40. The van der Waals surface area contributed by atoms with E-state index in [4.69, 9.17) is 9.47 Å². The predicted molar refractivity (Wildman–Crippen MR) is 169 cm³/mol. The maximum absolute atomic E-state index is 15.1. The van der Waals surface area contributed by atoms with E-state index < -0.39 is 41.1 Å². The molecule has 0 radical (unpaired) electrons. The van der Waals surface area contributed by atoms with Crippen molar-refractivity contribution >= 4 is 23.5 Å². The van der Waals surface area contributed by atoms with Crippen LogP contribution in [0.5, 0.6) is 0 Å². The van der Waals surface area contributed by atoms with Crippen molar-refractivity contribution in [1.29, 1.82) is 0 Å². The minimum absolute atomic E-state index is 0.131. The number of benzene rings is 2. The van der Waals surface area contributed by atoms with E-state index >= 15 is 4.79 Å². The van der Waals surface area contributed by atoms with Gasteiger partial charge >= 0.3 is 5.97 Å². The van der Waals surface area contributed by atoms with Gasteiger partial charge in [0.2, 0.25) is 5.91 Å². The van der Waals surface area contributed by atoms with Crippen LogP contribution in [0.4, 0.5) is 5.69 Å². The molecule has 3 aliphatic heterocycles. The van der Waals surface area contributed by atoms with Crippen LogP contribution in [-0.2, 0) is 30.3 Å². The average molecular weight is 601 g/mol. The maximum Gasteiger partial charge on any atom is 0.312 e. The molecule has 2 aromatic rings. The van der Waals surface area contributed by atoms with Gasteiger partial charge in [-0.05, 0) is 62.6 Å². The fourth-order valence-corrected chi connectivity index (χ4v) is 7.98. The number of amides is 2. The first-order valence-corrected chi connectivity index (χ1v) is 15.5. The number of hydrogen-bond donors (Lipinski definition) is 1. The number of carbonyl (C=O) groups is 3. The molecule has 2 bridgehead atoms. The molecule has 2 amide bonds. The summed E-state index contributed by atoms with van der Waals surface area (Å²) in [5.74, 6) is -3.14. The van der Waals surface area contributed by atoms with Crippen LogP contribution in [0.25, 0.3) is 0 Å². The smallest absolute Gasteiger partial charge is 0.312 e. The lowest BCUT2D eigenvalue weighted by Crippen LogP contribution is -2.59. The molecule has 234 valence electrons. The molecule has 3 fully saturated rings. The number of hydrogen-bond acceptors (Lipinski definition) is 6. The van der Waals surface area contributed by atoms with Gasteiger partial charge in [0.05, 0.1) is 30.8 Å². The van der Waals surface area contributed by atoms with Crippen molar-refractivity contribution in [2.75, 3.05) is 24.7 Å². The molecule has 3 saturated heterocycles. The van der Waals surface area contributed by atoms with Crippen LogP contribution in [0.15, 0.2) is 73.8 Å². The van der Waals surface area contributed by atoms with Crippen LogP contribution in [0.3, 0.4) is 0 Å². The van der Waals surface area contributed by atoms with Gasteiger partial charge in [-0.2, -0.15) is 0 Å². The number of anilines is 1. The Balaban J connectivity index is 1.66. The fourth-order valence-electron chi connectivity index (χ4n) is 7.98. The summed E-state index contributed by atoms with van der Waals surface area (Å²) >= 11 is 0. The van der Waals surface area contributed by atoms with Crippen LogP contribution in [-0.4, -0.2) is 70.8 Å². The Hall–Kier alpha value is -3.75. The van der Waals surface area contributed by atoms with Gasteiger partial charge in [-0.25, -0.2) is 0 Å². The summed E-state index contributed by atoms with van der Waals surface area (Å²) in [6.07, 6.45) is 4.58. The van der Waals surface area contributed by atoms with Crippen molar-refractivity contribution in [2.45, 2.75) is 70.2 Å². The number of carbonyl (C=O) groups excluding carboxylic acids is 3. The summed E-state index contributed by atoms with van der Waals surface area (Å²) in [7, 11) is 0. The van der Waals surface area contributed by atoms with E-state index in [1.165, 1.54) is 4.90 Å². The highest BCUT2D eigenvalue weighted by atomic mass is 16.6. The van der Waals surface area contributed by atoms with Crippen LogP contribution < -0.4 is 4.90 Å². The molecule has 3 aliphatic rings. The summed E-state index contributed by atoms with van der Waals surface area (Å²) in [6, 6.07) is 13.6. The van der Waals surface area contributed by atoms with E-state index in [1.54, 1.807) is 17.1 Å². The fraction of sp³-hybridized carbons (Fsp3) is 0.472. The first-order chi connectivity index (χ1) is 21.0. The number of aliphatic hydroxyl groups is 1. The van der Waals surface area contributed by atoms with E-state index in [1.807, 2.05) is 76.2 Å². The highest BCUT2D eigenvalue weighted by Gasteiger charge is 2.80. The molecule has 1 N–H and O–H groups in total. The molecular weight excluding hydrogens is 556 g/mol. The van der Waals surface area contributed by atoms with Crippen molar-refractivity contribution < 1.29 is 29.0 Å². The number of rotatable bonds is 12. The van der Waals surface area contributed by atoms with Gasteiger partial charge in [0.15, 0.2) is 0 Å². The van der Waals surface area contributed by atoms with E-state index in [0.717, 1.165) is 22.4 Å². The van der Waals surface area contributed by atoms with Gasteiger partial charge in [-0.1, -0.05) is 67.6 Å². The van der Waals surface area contributed by atoms with Gasteiger partial charge < -0.3 is 24.4 Å². The molecule has 8 heteroatoms. The Labute approximate surface area is 260 Å². The normalized spacial score (nSPS) is 29.3. The Morgan fingerprint density at radius 1 is 1.14 bits per heavy atom. The number of fused-ring (bicyclic) bond motifs is 1. The van der Waals surface area contributed by atoms with Crippen LogP contribution in [0.1, 0.15) is 43.4 Å². The Morgan fingerprint density at radius 2 is 1.82 bits per heavy atom. The summed E-state index contributed by atoms with van der Waals surface area (Å²) in [6.45, 7) is 15.4. The van der Waals surface area contributed by atoms with E-state index in [2.05, 4.69) is 13.2 Å². The first kappa shape index (κ1) is 31.7. The Morgan fingerprint density at radius 3 is 2.43 bits per heavy atom. The van der Waals surface area contributed by atoms with Gasteiger partial charge in [0.25, 0.3) is 5.91 Å². The average Bonchev–Trinajstić information content (AvgIpc) is 3.52. The Bertz CT molecular complexity index is 1420. The van der Waals surface area contributed by atoms with Crippen molar-refractivity contribution in [3.8, 4) is 0 Å². The zero-order chi connectivity index (χ0) is 31.8. The number of likely N-dealkylation sites (tertiary alicyclic amines) is 1. The molecule has 3 unspecified atom stereocenters. The number of nitrogens with zero attached hydrogens (tertiary/aromatic N) is 2. The highest BCUT2D eigenvalue weighted by Crippen LogP contribution is 2.65. The van der Waals surface area contributed by atoms with E-state index in [9.17, 15) is 14.7 Å². The molecule has 0 aliphatic carbocycles. The molecule has 0 saturated carbocycles. The zero-order valence-corrected chi connectivity index (χ0v) is 26.2. The molecule has 3 heterocycles. The lowest BCUT2D eigenvalue weighted by atomic mass is 9.62. The summed E-state index contributed by atoms with van der Waals surface area (Å²) in [5.41, 5.74) is 1.23. The van der Waals surface area contributed by atoms with Gasteiger partial charge in [0.1, 0.15) is 17.6 Å². The second kappa shape index (κ2) is 12.3. The van der Waals surface area contributed by atoms with Gasteiger partial charge in [-0.3, -0.25) is 14.4 Å². The molecule has 0 aromatic heterocycles. The lowest BCUT2D eigenvalue weighted by molar-refractivity contribution is -0.162. The van der Waals surface area contributed by atoms with Crippen LogP contribution >= 0.6 is 0 Å². The molecule has 44 heavy (non-hydrogen) atoms. The van der Waals surface area contributed by atoms with Gasteiger partial charge in [-0.15, -0.1) is 13.2 Å². The van der Waals surface area contributed by atoms with Crippen molar-refractivity contribution in [3.63, 3.8) is 0 Å². The molecular formula is C36H44N2O6. The Kier molecular flexibility index (Phi) is 8.87. The second-order valence-corrected chi connectivity index (χ2v) is 12.7. The van der Waals surface area contributed by atoms with Crippen molar-refractivity contribution in [3.05, 3.63) is 90.5 Å². The number of aliphatic hydroxyl groups excluding tert-OH is 1. The maximum atomic E-state index is 15.1. The third-order valence-electron chi connectivity index (χ3n) is 10.0. The third-order valence-corrected chi connectivity index (χ3v) is 10.0. The van der Waals surface area contributed by atoms with Crippen molar-refractivity contribution in [2.24, 2.45) is 17.8 Å². The minimum Gasteiger partial charge on any atom is -0.465 e. The SMILES string of the molecule is C=CCCOC(=O)[C@H]1[C@H]2C(=O)N([C@@H](CO)Cc3ccccc3)C(C(=O)N(CC=C)c3c(C)cccc3C)C23CC(C)[C@]1(C)O3. The van der Waals surface area contributed by atoms with E-state index in [-0.39, 0.29) is 37.5 Å². The standard InChI is InChI=1S/C36H44N2O6/c1-7-9-19-43-34(42)29-28-32(40)38(27(22-39)20-26-16-11-10-12-17-26)31(36(28)21-25(5)35(29,6)44-36)33(41)37(18-8-2)30-23(3)14-13-15-24(30)4/h7-8,10-17,25,27-29,31,39H,1-2,9,18-22H2,3-6H3/t25?,27-,28+,29-,31?,35+,36?/m1/s1. The van der Waals surface area contributed by atoms with Gasteiger partial charge in [0, 0.05) is 12.2 Å². The first-order valence-electron chi connectivity index (χ1n) is 15.5. The summed E-state index contributed by atoms with van der Waals surface area (Å²) in [4.78, 5) is 46.8. The second-order valence-electron chi connectivity index (χ2n) is 12.7. The predicted octanol–water partition coefficient (Wildman–Crippen LogP) is 4.56. The summed E-state index contributed by atoms with van der Waals surface area (Å²) < 4.78 is 12.6. The molecule has 2 aromatic carbocycles. The summed E-state index contributed by atoms with van der Waals surface area (Å²) in [5, 5.41) is 10.8. The van der Waals surface area contributed by atoms with E-state index in [0.29, 0.717) is 19.3 Å². The topological polar surface area (TPSA) is 96.4 Å². The van der Waals surface area contributed by atoms with Crippen molar-refractivity contribution in [1.82, 2.24) is 4.90 Å². The van der Waals surface area contributed by atoms with Crippen LogP contribution in [0, 0.1) is 31.6 Å². The highest BCUT2D eigenvalue weighted by molar-refractivity contribution is 6.05. The number of esters is 1. The number of ether oxygens (including phenoxy) is 2. The number of aryl methyl sites for hydroxylation is 2. The zero-order valence-electron chi connectivity index (χ0n) is 26.2.